The van der Waals surface area contributed by atoms with Gasteiger partial charge in [-0.15, -0.1) is 0 Å². The molecule has 1 aromatic carbocycles. The minimum atomic E-state index is -0.0835. The first kappa shape index (κ1) is 12.2. The van der Waals surface area contributed by atoms with Crippen LogP contribution in [0.3, 0.4) is 0 Å². The lowest BCUT2D eigenvalue weighted by Crippen LogP contribution is -2.07. The summed E-state index contributed by atoms with van der Waals surface area (Å²) in [6, 6.07) is 11.6. The van der Waals surface area contributed by atoms with Crippen molar-refractivity contribution in [2.24, 2.45) is 5.16 Å². The van der Waals surface area contributed by atoms with E-state index in [-0.39, 0.29) is 6.10 Å². The Morgan fingerprint density at radius 1 is 1.21 bits per heavy atom. The molecule has 0 aliphatic carbocycles. The first-order chi connectivity index (χ1) is 9.31. The molecule has 0 fully saturated rings. The molecule has 0 radical (unpaired) electrons. The number of nitrogens with zero attached hydrogens (tertiary/aromatic N) is 2. The first-order valence-electron chi connectivity index (χ1n) is 5.87. The number of hydrogen-bond acceptors (Lipinski definition) is 4. The zero-order chi connectivity index (χ0) is 13.1. The summed E-state index contributed by atoms with van der Waals surface area (Å²) in [5.41, 5.74) is 1.08. The monoisotopic (exact) mass is 318 g/mol. The van der Waals surface area contributed by atoms with E-state index in [0.29, 0.717) is 18.1 Å². The maximum absolute atomic E-state index is 5.60. The zero-order valence-electron chi connectivity index (χ0n) is 9.99. The van der Waals surface area contributed by atoms with Crippen LogP contribution in [0.1, 0.15) is 18.1 Å². The molecule has 1 aliphatic heterocycles. The van der Waals surface area contributed by atoms with Crippen LogP contribution in [-0.4, -0.2) is 10.9 Å². The van der Waals surface area contributed by atoms with Gasteiger partial charge in [0.25, 0.3) is 0 Å². The Kier molecular flexibility index (Phi) is 3.46. The molecule has 0 bridgehead atoms. The number of oxime groups is 1. The largest absolute Gasteiger partial charge is 0.438 e. The third-order valence-corrected chi connectivity index (χ3v) is 3.28. The van der Waals surface area contributed by atoms with Crippen LogP contribution < -0.4 is 4.74 Å². The van der Waals surface area contributed by atoms with Crippen LogP contribution in [0.5, 0.6) is 5.75 Å². The van der Waals surface area contributed by atoms with Gasteiger partial charge in [-0.2, -0.15) is 0 Å². The van der Waals surface area contributed by atoms with Crippen LogP contribution >= 0.6 is 15.9 Å². The second-order valence-electron chi connectivity index (χ2n) is 4.13. The Morgan fingerprint density at radius 2 is 2.05 bits per heavy atom. The Bertz CT molecular complexity index is 584. The highest BCUT2D eigenvalue weighted by Crippen LogP contribution is 2.28. The average molecular weight is 319 g/mol. The summed E-state index contributed by atoms with van der Waals surface area (Å²) in [4.78, 5) is 9.38. The number of pyridine rings is 1. The molecule has 1 aromatic heterocycles. The molecule has 5 heteroatoms. The Balaban J connectivity index is 1.65. The molecule has 0 spiro atoms. The Labute approximate surface area is 119 Å². The van der Waals surface area contributed by atoms with Crippen molar-refractivity contribution in [1.82, 2.24) is 4.98 Å². The SMILES string of the molecule is Brc1ccc([C@@H]2CC(Oc3cccnc3)=NO2)cc1. The van der Waals surface area contributed by atoms with E-state index in [1.807, 2.05) is 36.4 Å². The van der Waals surface area contributed by atoms with E-state index in [2.05, 4.69) is 26.1 Å². The zero-order valence-corrected chi connectivity index (χ0v) is 11.6. The summed E-state index contributed by atoms with van der Waals surface area (Å²) in [7, 11) is 0. The smallest absolute Gasteiger partial charge is 0.235 e. The minimum absolute atomic E-state index is 0.0835. The molecule has 0 N–H and O–H groups in total. The second-order valence-corrected chi connectivity index (χ2v) is 5.04. The topological polar surface area (TPSA) is 43.7 Å². The predicted octanol–water partition coefficient (Wildman–Crippen LogP) is 3.70. The molecule has 0 saturated carbocycles. The molecule has 1 atom stereocenters. The van der Waals surface area contributed by atoms with Crippen molar-refractivity contribution in [3.05, 3.63) is 58.8 Å². The normalized spacial score (nSPS) is 17.7. The number of benzene rings is 1. The van der Waals surface area contributed by atoms with Gasteiger partial charge in [0.15, 0.2) is 6.10 Å². The molecule has 4 nitrogen and oxygen atoms in total. The molecule has 0 amide bonds. The molecule has 96 valence electrons. The van der Waals surface area contributed by atoms with Crippen molar-refractivity contribution < 1.29 is 9.57 Å². The van der Waals surface area contributed by atoms with E-state index in [1.54, 1.807) is 12.4 Å². The highest BCUT2D eigenvalue weighted by atomic mass is 79.9. The van der Waals surface area contributed by atoms with Gasteiger partial charge in [0, 0.05) is 10.7 Å². The van der Waals surface area contributed by atoms with Crippen LogP contribution in [0.25, 0.3) is 0 Å². The maximum Gasteiger partial charge on any atom is 0.235 e. The third kappa shape index (κ3) is 2.93. The van der Waals surface area contributed by atoms with Crippen LogP contribution in [-0.2, 0) is 4.84 Å². The number of hydrogen-bond donors (Lipinski definition) is 0. The Hall–Kier alpha value is -1.88. The van der Waals surface area contributed by atoms with E-state index < -0.39 is 0 Å². The molecule has 0 saturated heterocycles. The molecule has 2 aromatic rings. The van der Waals surface area contributed by atoms with E-state index in [4.69, 9.17) is 9.57 Å². The fraction of sp³-hybridized carbons (Fsp3) is 0.143. The summed E-state index contributed by atoms with van der Waals surface area (Å²) >= 11 is 3.41. The van der Waals surface area contributed by atoms with Crippen molar-refractivity contribution in [1.29, 1.82) is 0 Å². The van der Waals surface area contributed by atoms with Crippen molar-refractivity contribution in [2.75, 3.05) is 0 Å². The van der Waals surface area contributed by atoms with Crippen molar-refractivity contribution in [2.45, 2.75) is 12.5 Å². The van der Waals surface area contributed by atoms with Gasteiger partial charge in [-0.05, 0) is 29.8 Å². The molecular formula is C14H11BrN2O2. The fourth-order valence-electron chi connectivity index (χ4n) is 1.82. The van der Waals surface area contributed by atoms with Gasteiger partial charge in [0.2, 0.25) is 5.90 Å². The van der Waals surface area contributed by atoms with E-state index >= 15 is 0 Å². The van der Waals surface area contributed by atoms with E-state index in [9.17, 15) is 0 Å². The van der Waals surface area contributed by atoms with Crippen LogP contribution in [0.2, 0.25) is 0 Å². The van der Waals surface area contributed by atoms with Gasteiger partial charge in [0.05, 0.1) is 12.6 Å². The molecular weight excluding hydrogens is 308 g/mol. The number of halogens is 1. The highest BCUT2D eigenvalue weighted by Gasteiger charge is 2.24. The van der Waals surface area contributed by atoms with Crippen molar-refractivity contribution in [3.8, 4) is 5.75 Å². The van der Waals surface area contributed by atoms with Gasteiger partial charge in [0.1, 0.15) is 5.75 Å². The molecule has 2 heterocycles. The lowest BCUT2D eigenvalue weighted by atomic mass is 10.1. The van der Waals surface area contributed by atoms with Crippen LogP contribution in [0.4, 0.5) is 0 Å². The third-order valence-electron chi connectivity index (χ3n) is 2.75. The molecule has 19 heavy (non-hydrogen) atoms. The number of ether oxygens (including phenoxy) is 1. The fourth-order valence-corrected chi connectivity index (χ4v) is 2.08. The average Bonchev–Trinajstić information content (AvgIpc) is 2.89. The minimum Gasteiger partial charge on any atom is -0.438 e. The summed E-state index contributed by atoms with van der Waals surface area (Å²) in [5, 5.41) is 3.97. The number of rotatable bonds is 2. The van der Waals surface area contributed by atoms with Crippen molar-refractivity contribution in [3.63, 3.8) is 0 Å². The lowest BCUT2D eigenvalue weighted by molar-refractivity contribution is 0.0855. The van der Waals surface area contributed by atoms with Gasteiger partial charge in [-0.25, -0.2) is 0 Å². The Morgan fingerprint density at radius 3 is 2.79 bits per heavy atom. The second kappa shape index (κ2) is 5.40. The summed E-state index contributed by atoms with van der Waals surface area (Å²) in [6.45, 7) is 0. The lowest BCUT2D eigenvalue weighted by Gasteiger charge is -2.07. The maximum atomic E-state index is 5.60. The van der Waals surface area contributed by atoms with Gasteiger partial charge < -0.3 is 9.57 Å². The predicted molar refractivity (Wildman–Crippen MR) is 74.9 cm³/mol. The molecule has 0 unspecified atom stereocenters. The number of aromatic nitrogens is 1. The standard InChI is InChI=1S/C14H11BrN2O2/c15-11-5-3-10(4-6-11)13-8-14(17-19-13)18-12-2-1-7-16-9-12/h1-7,9,13H,8H2/t13-/m0/s1. The van der Waals surface area contributed by atoms with Crippen LogP contribution in [0.15, 0.2) is 58.4 Å². The molecule has 3 rings (SSSR count). The van der Waals surface area contributed by atoms with Gasteiger partial charge in [-0.3, -0.25) is 4.98 Å². The summed E-state index contributed by atoms with van der Waals surface area (Å²) in [6.07, 6.45) is 3.89. The first-order valence-corrected chi connectivity index (χ1v) is 6.66. The highest BCUT2D eigenvalue weighted by molar-refractivity contribution is 9.10. The summed E-state index contributed by atoms with van der Waals surface area (Å²) < 4.78 is 6.65. The van der Waals surface area contributed by atoms with Crippen LogP contribution in [0, 0.1) is 0 Å². The summed E-state index contributed by atoms with van der Waals surface area (Å²) in [5.74, 6) is 1.24. The quantitative estimate of drug-likeness (QED) is 0.848. The van der Waals surface area contributed by atoms with Gasteiger partial charge in [-0.1, -0.05) is 33.2 Å². The van der Waals surface area contributed by atoms with E-state index in [0.717, 1.165) is 10.0 Å². The molecule has 1 aliphatic rings. The van der Waals surface area contributed by atoms with Gasteiger partial charge >= 0.3 is 0 Å². The van der Waals surface area contributed by atoms with E-state index in [1.165, 1.54) is 0 Å². The van der Waals surface area contributed by atoms with Crippen molar-refractivity contribution >= 4 is 21.8 Å².